The van der Waals surface area contributed by atoms with Crippen molar-refractivity contribution in [3.05, 3.63) is 103 Å². The number of benzene rings is 3. The Morgan fingerprint density at radius 2 is 1.49 bits per heavy atom. The van der Waals surface area contributed by atoms with Crippen LogP contribution in [0.5, 0.6) is 0 Å². The van der Waals surface area contributed by atoms with Gasteiger partial charge < -0.3 is 15.2 Å². The molecule has 0 aliphatic carbocycles. The highest BCUT2D eigenvalue weighted by atomic mass is 35.5. The van der Waals surface area contributed by atoms with E-state index in [1.54, 1.807) is 45.4 Å². The van der Waals surface area contributed by atoms with Gasteiger partial charge in [-0.05, 0) is 67.9 Å². The monoisotopic (exact) mass is 572 g/mol. The molecule has 8 nitrogen and oxygen atoms in total. The number of amides is 1. The van der Waals surface area contributed by atoms with E-state index in [-0.39, 0.29) is 5.56 Å². The molecule has 3 aromatic carbocycles. The lowest BCUT2D eigenvalue weighted by Gasteiger charge is -2.16. The molecule has 39 heavy (non-hydrogen) atoms. The molecule has 0 spiro atoms. The van der Waals surface area contributed by atoms with Crippen LogP contribution in [0.1, 0.15) is 25.9 Å². The number of carbonyl (C=O) groups excluding carboxylic acids is 1. The van der Waals surface area contributed by atoms with Gasteiger partial charge in [0.2, 0.25) is 5.95 Å². The smallest absolute Gasteiger partial charge is 0.287 e. The first kappa shape index (κ1) is 25.2. The van der Waals surface area contributed by atoms with Gasteiger partial charge in [-0.3, -0.25) is 9.59 Å². The molecule has 0 bridgehead atoms. The Labute approximate surface area is 236 Å². The number of halogens is 1. The molecule has 194 valence electrons. The standard InChI is InChI=1S/C28H21ClN6O2S2/c1-15-30-22-9-7-19(11-24(22)38-15)32-26(36)21-14-35(13-17-3-5-18(29)6-4-17)28(34-27(21)37)33-20-8-10-23-25(12-20)39-16(2)31-23/h3-12,14H,13H2,1-2H3,(H,32,36)(H,33,34,37). The van der Waals surface area contributed by atoms with Crippen molar-refractivity contribution in [1.29, 1.82) is 0 Å². The molecule has 2 N–H and O–H groups in total. The van der Waals surface area contributed by atoms with Crippen molar-refractivity contribution < 1.29 is 4.79 Å². The van der Waals surface area contributed by atoms with Crippen LogP contribution >= 0.6 is 34.3 Å². The Morgan fingerprint density at radius 3 is 2.15 bits per heavy atom. The predicted molar refractivity (Wildman–Crippen MR) is 159 cm³/mol. The number of hydrogen-bond acceptors (Lipinski definition) is 8. The molecule has 3 aromatic heterocycles. The quantitative estimate of drug-likeness (QED) is 0.228. The summed E-state index contributed by atoms with van der Waals surface area (Å²) in [6.45, 7) is 4.26. The molecule has 0 radical (unpaired) electrons. The molecule has 0 unspecified atom stereocenters. The van der Waals surface area contributed by atoms with Crippen LogP contribution in [0.2, 0.25) is 5.02 Å². The largest absolute Gasteiger partial charge is 0.325 e. The van der Waals surface area contributed by atoms with Crippen LogP contribution in [0, 0.1) is 13.8 Å². The first-order chi connectivity index (χ1) is 18.8. The maximum atomic E-state index is 13.2. The summed E-state index contributed by atoms with van der Waals surface area (Å²) in [5.41, 5.74) is 3.34. The van der Waals surface area contributed by atoms with Crippen LogP contribution in [0.25, 0.3) is 20.4 Å². The van der Waals surface area contributed by atoms with Crippen LogP contribution in [-0.2, 0) is 6.54 Å². The van der Waals surface area contributed by atoms with E-state index in [1.807, 2.05) is 56.3 Å². The van der Waals surface area contributed by atoms with Crippen molar-refractivity contribution in [2.45, 2.75) is 20.4 Å². The molecule has 0 atom stereocenters. The number of carbonyl (C=O) groups is 1. The van der Waals surface area contributed by atoms with Gasteiger partial charge in [-0.15, -0.1) is 22.7 Å². The SMILES string of the molecule is Cc1nc2ccc(NC(=O)c3cn(Cc4ccc(Cl)cc4)c(Nc4ccc5nc(C)sc5c4)nc3=O)cc2s1. The molecule has 0 saturated heterocycles. The van der Waals surface area contributed by atoms with E-state index in [1.165, 1.54) is 6.20 Å². The lowest BCUT2D eigenvalue weighted by atomic mass is 10.2. The Bertz CT molecular complexity index is 1930. The lowest BCUT2D eigenvalue weighted by molar-refractivity contribution is 0.102. The molecule has 0 fully saturated rings. The van der Waals surface area contributed by atoms with Gasteiger partial charge in [0.1, 0.15) is 5.56 Å². The highest BCUT2D eigenvalue weighted by Gasteiger charge is 2.17. The van der Waals surface area contributed by atoms with Crippen LogP contribution in [0.4, 0.5) is 17.3 Å². The number of hydrogen-bond donors (Lipinski definition) is 2. The minimum absolute atomic E-state index is 0.0661. The van der Waals surface area contributed by atoms with Crippen molar-refractivity contribution in [1.82, 2.24) is 19.5 Å². The summed E-state index contributed by atoms with van der Waals surface area (Å²) >= 11 is 9.20. The van der Waals surface area contributed by atoms with Gasteiger partial charge >= 0.3 is 0 Å². The molecule has 0 aliphatic rings. The summed E-state index contributed by atoms with van der Waals surface area (Å²) in [5.74, 6) is -0.223. The molecular formula is C28H21ClN6O2S2. The third-order valence-electron chi connectivity index (χ3n) is 6.01. The summed E-state index contributed by atoms with van der Waals surface area (Å²) in [6.07, 6.45) is 1.53. The number of rotatable bonds is 6. The van der Waals surface area contributed by atoms with E-state index in [9.17, 15) is 9.59 Å². The summed E-state index contributed by atoms with van der Waals surface area (Å²) in [7, 11) is 0. The zero-order valence-corrected chi connectivity index (χ0v) is 23.2. The normalized spacial score (nSPS) is 11.3. The second kappa shape index (κ2) is 10.2. The van der Waals surface area contributed by atoms with Crippen LogP contribution < -0.4 is 16.2 Å². The van der Waals surface area contributed by atoms with E-state index in [0.717, 1.165) is 41.7 Å². The number of thiazole rings is 2. The molecule has 0 aliphatic heterocycles. The Hall–Kier alpha value is -4.12. The number of aromatic nitrogens is 4. The van der Waals surface area contributed by atoms with Gasteiger partial charge in [-0.2, -0.15) is 4.98 Å². The lowest BCUT2D eigenvalue weighted by Crippen LogP contribution is -2.27. The molecule has 1 amide bonds. The fraction of sp³-hybridized carbons (Fsp3) is 0.107. The van der Waals surface area contributed by atoms with Crippen molar-refractivity contribution in [2.75, 3.05) is 10.6 Å². The molecule has 0 saturated carbocycles. The fourth-order valence-corrected chi connectivity index (χ4v) is 6.08. The molecule has 6 aromatic rings. The van der Waals surface area contributed by atoms with Crippen LogP contribution in [-0.4, -0.2) is 25.4 Å². The number of aryl methyl sites for hydroxylation is 2. The Balaban J connectivity index is 1.35. The van der Waals surface area contributed by atoms with Crippen LogP contribution in [0.3, 0.4) is 0 Å². The van der Waals surface area contributed by atoms with E-state index in [2.05, 4.69) is 25.6 Å². The molecule has 11 heteroatoms. The van der Waals surface area contributed by atoms with E-state index in [0.29, 0.717) is 23.2 Å². The van der Waals surface area contributed by atoms with E-state index < -0.39 is 11.5 Å². The highest BCUT2D eigenvalue weighted by Crippen LogP contribution is 2.27. The van der Waals surface area contributed by atoms with Gasteiger partial charge in [-0.1, -0.05) is 23.7 Å². The summed E-state index contributed by atoms with van der Waals surface area (Å²) < 4.78 is 3.72. The maximum absolute atomic E-state index is 13.2. The fourth-order valence-electron chi connectivity index (χ4n) is 4.22. The van der Waals surface area contributed by atoms with Gasteiger partial charge in [0.15, 0.2) is 0 Å². The first-order valence-electron chi connectivity index (χ1n) is 12.0. The minimum atomic E-state index is -0.633. The Kier molecular flexibility index (Phi) is 6.59. The zero-order valence-electron chi connectivity index (χ0n) is 20.9. The average molecular weight is 573 g/mol. The van der Waals surface area contributed by atoms with Crippen molar-refractivity contribution in [2.24, 2.45) is 0 Å². The second-order valence-electron chi connectivity index (χ2n) is 8.95. The molecule has 6 rings (SSSR count). The minimum Gasteiger partial charge on any atom is -0.325 e. The third-order valence-corrected chi connectivity index (χ3v) is 8.13. The number of anilines is 3. The van der Waals surface area contributed by atoms with E-state index in [4.69, 9.17) is 11.6 Å². The second-order valence-corrected chi connectivity index (χ2v) is 11.9. The number of fused-ring (bicyclic) bond motifs is 2. The summed E-state index contributed by atoms with van der Waals surface area (Å²) in [5, 5.41) is 8.62. The van der Waals surface area contributed by atoms with Gasteiger partial charge in [-0.25, -0.2) is 9.97 Å². The molecule has 3 heterocycles. The maximum Gasteiger partial charge on any atom is 0.287 e. The topological polar surface area (TPSA) is 102 Å². The average Bonchev–Trinajstić information content (AvgIpc) is 3.46. The summed E-state index contributed by atoms with van der Waals surface area (Å²) in [4.78, 5) is 39.5. The van der Waals surface area contributed by atoms with Gasteiger partial charge in [0, 0.05) is 22.6 Å². The predicted octanol–water partition coefficient (Wildman–Crippen LogP) is 6.78. The van der Waals surface area contributed by atoms with E-state index >= 15 is 0 Å². The third kappa shape index (κ3) is 5.40. The summed E-state index contributed by atoms with van der Waals surface area (Å²) in [6, 6.07) is 18.6. The van der Waals surface area contributed by atoms with Gasteiger partial charge in [0.25, 0.3) is 11.5 Å². The number of nitrogens with zero attached hydrogens (tertiary/aromatic N) is 4. The van der Waals surface area contributed by atoms with Crippen molar-refractivity contribution in [3.8, 4) is 0 Å². The van der Waals surface area contributed by atoms with Gasteiger partial charge in [0.05, 0.1) is 37.0 Å². The number of nitrogens with one attached hydrogen (secondary N) is 2. The highest BCUT2D eigenvalue weighted by molar-refractivity contribution is 7.18. The van der Waals surface area contributed by atoms with Crippen LogP contribution in [0.15, 0.2) is 71.7 Å². The first-order valence-corrected chi connectivity index (χ1v) is 14.0. The van der Waals surface area contributed by atoms with Crippen molar-refractivity contribution in [3.63, 3.8) is 0 Å². The van der Waals surface area contributed by atoms with Crippen molar-refractivity contribution >= 4 is 77.9 Å². The zero-order chi connectivity index (χ0) is 27.1. The molecular weight excluding hydrogens is 552 g/mol. The Morgan fingerprint density at radius 1 is 0.872 bits per heavy atom.